The number of anilines is 1. The highest BCUT2D eigenvalue weighted by Gasteiger charge is 2.14. The minimum Gasteiger partial charge on any atom is -0.326 e. The number of carbonyl (C=O) groups excluding carboxylic acids is 1. The first-order valence-corrected chi connectivity index (χ1v) is 11.1. The highest BCUT2D eigenvalue weighted by molar-refractivity contribution is 6.30. The minimum absolute atomic E-state index is 0.215. The molecule has 0 aliphatic rings. The number of amides is 1. The van der Waals surface area contributed by atoms with E-state index in [1.165, 1.54) is 0 Å². The van der Waals surface area contributed by atoms with Crippen molar-refractivity contribution in [3.63, 3.8) is 0 Å². The van der Waals surface area contributed by atoms with Gasteiger partial charge in [-0.2, -0.15) is 5.10 Å². The number of nitrogens with one attached hydrogen (secondary N) is 2. The second kappa shape index (κ2) is 10.0. The zero-order chi connectivity index (χ0) is 23.4. The molecule has 0 bridgehead atoms. The normalized spacial score (nSPS) is 11.5. The zero-order valence-electron chi connectivity index (χ0n) is 19.5. The molecule has 6 nitrogen and oxygen atoms in total. The maximum Gasteiger partial charge on any atom is 0.257 e. The fourth-order valence-corrected chi connectivity index (χ4v) is 3.95. The molecule has 0 atom stereocenters. The van der Waals surface area contributed by atoms with Gasteiger partial charge in [0.1, 0.15) is 0 Å². The van der Waals surface area contributed by atoms with E-state index in [0.29, 0.717) is 23.1 Å². The molecule has 2 N–H and O–H groups in total. The van der Waals surface area contributed by atoms with E-state index in [1.807, 2.05) is 69.6 Å². The summed E-state index contributed by atoms with van der Waals surface area (Å²) in [5.74, 6) is 0.162. The molecule has 1 heterocycles. The summed E-state index contributed by atoms with van der Waals surface area (Å²) in [7, 11) is 0. The fraction of sp³-hybridized carbons (Fsp3) is 0.320. The number of aryl methyl sites for hydroxylation is 5. The van der Waals surface area contributed by atoms with Crippen LogP contribution in [0, 0.1) is 34.6 Å². The van der Waals surface area contributed by atoms with Gasteiger partial charge in [0, 0.05) is 34.1 Å². The summed E-state index contributed by atoms with van der Waals surface area (Å²) in [5, 5.41) is 11.4. The van der Waals surface area contributed by atoms with Gasteiger partial charge < -0.3 is 5.32 Å². The van der Waals surface area contributed by atoms with Gasteiger partial charge in [-0.3, -0.25) is 14.8 Å². The van der Waals surface area contributed by atoms with Gasteiger partial charge in [-0.25, -0.2) is 4.99 Å². The quantitative estimate of drug-likeness (QED) is 0.397. The van der Waals surface area contributed by atoms with Crippen LogP contribution in [0.15, 0.2) is 41.4 Å². The highest BCUT2D eigenvalue weighted by atomic mass is 35.5. The lowest BCUT2D eigenvalue weighted by atomic mass is 10.1. The molecule has 0 fully saturated rings. The van der Waals surface area contributed by atoms with E-state index >= 15 is 0 Å². The number of hydrogen-bond donors (Lipinski definition) is 2. The number of aromatic nitrogens is 2. The van der Waals surface area contributed by atoms with E-state index in [1.54, 1.807) is 6.07 Å². The Balaban J connectivity index is 1.92. The number of aliphatic imine (C=N–C) groups is 1. The molecule has 3 aromatic rings. The van der Waals surface area contributed by atoms with Crippen molar-refractivity contribution >= 4 is 29.2 Å². The molecule has 2 aromatic carbocycles. The summed E-state index contributed by atoms with van der Waals surface area (Å²) in [6.07, 6.45) is 0. The lowest BCUT2D eigenvalue weighted by Gasteiger charge is -2.14. The summed E-state index contributed by atoms with van der Waals surface area (Å²) >= 11 is 6.10. The summed E-state index contributed by atoms with van der Waals surface area (Å²) in [4.78, 5) is 17.7. The fourth-order valence-electron chi connectivity index (χ4n) is 3.72. The van der Waals surface area contributed by atoms with Crippen LogP contribution in [-0.4, -0.2) is 21.6 Å². The van der Waals surface area contributed by atoms with Gasteiger partial charge in [0.15, 0.2) is 0 Å². The molecule has 0 spiro atoms. The number of guanidine groups is 1. The molecule has 1 aromatic heterocycles. The van der Waals surface area contributed by atoms with Crippen molar-refractivity contribution in [2.45, 2.75) is 54.6 Å². The average molecular weight is 452 g/mol. The lowest BCUT2D eigenvalue weighted by molar-refractivity contribution is 0.0976. The standard InChI is InChI=1S/C25H30ClN5O/c1-7-31-19(6)22(18(5)30-31)14-27-25(28-23-9-8-21(26)13-17(23)4)29-24(32)20-11-15(2)10-16(3)12-20/h8-13H,7,14H2,1-6H3,(H2,27,28,29,32). The van der Waals surface area contributed by atoms with E-state index in [4.69, 9.17) is 16.6 Å². The number of rotatable bonds is 5. The first kappa shape index (κ1) is 23.5. The van der Waals surface area contributed by atoms with Crippen molar-refractivity contribution in [2.24, 2.45) is 4.99 Å². The smallest absolute Gasteiger partial charge is 0.257 e. The zero-order valence-corrected chi connectivity index (χ0v) is 20.3. The van der Waals surface area contributed by atoms with Gasteiger partial charge in [-0.15, -0.1) is 0 Å². The Hall–Kier alpha value is -3.12. The van der Waals surface area contributed by atoms with Gasteiger partial charge in [-0.05, 0) is 77.4 Å². The largest absolute Gasteiger partial charge is 0.326 e. The third-order valence-electron chi connectivity index (χ3n) is 5.38. The van der Waals surface area contributed by atoms with Crippen molar-refractivity contribution in [1.29, 1.82) is 0 Å². The monoisotopic (exact) mass is 451 g/mol. The Labute approximate surface area is 194 Å². The first-order chi connectivity index (χ1) is 15.2. The lowest BCUT2D eigenvalue weighted by Crippen LogP contribution is -2.36. The minimum atomic E-state index is -0.215. The van der Waals surface area contributed by atoms with Gasteiger partial charge in [-0.1, -0.05) is 28.8 Å². The Morgan fingerprint density at radius 2 is 1.75 bits per heavy atom. The van der Waals surface area contributed by atoms with Crippen LogP contribution in [0.1, 0.15) is 50.9 Å². The maximum absolute atomic E-state index is 13.0. The molecule has 0 radical (unpaired) electrons. The van der Waals surface area contributed by atoms with Crippen LogP contribution in [0.4, 0.5) is 5.69 Å². The third-order valence-corrected chi connectivity index (χ3v) is 5.62. The summed E-state index contributed by atoms with van der Waals surface area (Å²) in [5.41, 5.74) is 7.52. The highest BCUT2D eigenvalue weighted by Crippen LogP contribution is 2.20. The average Bonchev–Trinajstić information content (AvgIpc) is 3.00. The van der Waals surface area contributed by atoms with Gasteiger partial charge in [0.05, 0.1) is 12.2 Å². The Bertz CT molecular complexity index is 1160. The second-order valence-corrected chi connectivity index (χ2v) is 8.48. The predicted octanol–water partition coefficient (Wildman–Crippen LogP) is 5.50. The van der Waals surface area contributed by atoms with Crippen molar-refractivity contribution in [3.05, 3.63) is 80.6 Å². The molecule has 0 aliphatic carbocycles. The van der Waals surface area contributed by atoms with Crippen molar-refractivity contribution in [1.82, 2.24) is 15.1 Å². The Morgan fingerprint density at radius 3 is 2.34 bits per heavy atom. The van der Waals surface area contributed by atoms with E-state index < -0.39 is 0 Å². The molecule has 1 amide bonds. The van der Waals surface area contributed by atoms with Gasteiger partial charge in [0.2, 0.25) is 5.96 Å². The van der Waals surface area contributed by atoms with E-state index in [0.717, 1.165) is 45.9 Å². The molecule has 0 unspecified atom stereocenters. The van der Waals surface area contributed by atoms with Crippen LogP contribution in [0.5, 0.6) is 0 Å². The van der Waals surface area contributed by atoms with Crippen molar-refractivity contribution in [3.8, 4) is 0 Å². The third kappa shape index (κ3) is 5.56. The van der Waals surface area contributed by atoms with Gasteiger partial charge >= 0.3 is 0 Å². The molecule has 32 heavy (non-hydrogen) atoms. The number of carbonyl (C=O) groups is 1. The molecular formula is C25H30ClN5O. The van der Waals surface area contributed by atoms with Crippen molar-refractivity contribution < 1.29 is 4.79 Å². The van der Waals surface area contributed by atoms with Gasteiger partial charge in [0.25, 0.3) is 5.91 Å². The molecule has 0 saturated carbocycles. The molecule has 168 valence electrons. The van der Waals surface area contributed by atoms with Crippen molar-refractivity contribution in [2.75, 3.05) is 5.32 Å². The number of halogens is 1. The number of benzene rings is 2. The van der Waals surface area contributed by atoms with Crippen LogP contribution in [0.2, 0.25) is 5.02 Å². The Kier molecular flexibility index (Phi) is 7.36. The molecular weight excluding hydrogens is 422 g/mol. The first-order valence-electron chi connectivity index (χ1n) is 10.7. The second-order valence-electron chi connectivity index (χ2n) is 8.04. The van der Waals surface area contributed by atoms with Crippen LogP contribution >= 0.6 is 11.6 Å². The summed E-state index contributed by atoms with van der Waals surface area (Å²) < 4.78 is 1.96. The maximum atomic E-state index is 13.0. The molecule has 7 heteroatoms. The molecule has 3 rings (SSSR count). The number of nitrogens with zero attached hydrogens (tertiary/aromatic N) is 3. The Morgan fingerprint density at radius 1 is 1.06 bits per heavy atom. The van der Waals surface area contributed by atoms with Crippen LogP contribution < -0.4 is 10.6 Å². The van der Waals surface area contributed by atoms with E-state index in [-0.39, 0.29) is 5.91 Å². The van der Waals surface area contributed by atoms with Crippen LogP contribution in [0.25, 0.3) is 0 Å². The van der Waals surface area contributed by atoms with Crippen LogP contribution in [-0.2, 0) is 13.1 Å². The SMILES string of the molecule is CCn1nc(C)c(CN=C(NC(=O)c2cc(C)cc(C)c2)Nc2ccc(Cl)cc2C)c1C. The van der Waals surface area contributed by atoms with Crippen LogP contribution in [0.3, 0.4) is 0 Å². The molecule has 0 saturated heterocycles. The van der Waals surface area contributed by atoms with E-state index in [2.05, 4.69) is 22.7 Å². The number of hydrogen-bond acceptors (Lipinski definition) is 3. The summed E-state index contributed by atoms with van der Waals surface area (Å²) in [6, 6.07) is 11.3. The summed E-state index contributed by atoms with van der Waals surface area (Å²) in [6.45, 7) is 13.2. The topological polar surface area (TPSA) is 71.3 Å². The predicted molar refractivity (Wildman–Crippen MR) is 132 cm³/mol. The van der Waals surface area contributed by atoms with E-state index in [9.17, 15) is 4.79 Å². The molecule has 0 aliphatic heterocycles.